The summed E-state index contributed by atoms with van der Waals surface area (Å²) in [5, 5.41) is 2.93. The Labute approximate surface area is 163 Å². The minimum atomic E-state index is -0.645. The van der Waals surface area contributed by atoms with Gasteiger partial charge in [-0.2, -0.15) is 0 Å². The highest BCUT2D eigenvalue weighted by atomic mass is 16.6. The van der Waals surface area contributed by atoms with Crippen LogP contribution in [-0.4, -0.2) is 60.6 Å². The molecule has 0 saturated carbocycles. The van der Waals surface area contributed by atoms with Gasteiger partial charge in [-0.25, -0.2) is 4.79 Å². The number of ether oxygens (including phenoxy) is 2. The molecule has 0 bridgehead atoms. The van der Waals surface area contributed by atoms with Crippen molar-refractivity contribution in [3.63, 3.8) is 0 Å². The SMILES string of the molecule is O=C(NCc1ccccc1)N1CCN(C(=O)C2COc3ccccc3O2)CC1. The van der Waals surface area contributed by atoms with Crippen LogP contribution in [0, 0.1) is 0 Å². The largest absolute Gasteiger partial charge is 0.485 e. The molecule has 1 fully saturated rings. The maximum atomic E-state index is 12.8. The molecule has 0 aromatic heterocycles. The van der Waals surface area contributed by atoms with Crippen LogP contribution in [-0.2, 0) is 11.3 Å². The predicted molar refractivity (Wildman–Crippen MR) is 103 cm³/mol. The second-order valence-electron chi connectivity index (χ2n) is 6.82. The van der Waals surface area contributed by atoms with Gasteiger partial charge in [-0.1, -0.05) is 42.5 Å². The average Bonchev–Trinajstić information content (AvgIpc) is 2.77. The number of carbonyl (C=O) groups is 2. The number of hydrogen-bond acceptors (Lipinski definition) is 4. The molecule has 2 heterocycles. The van der Waals surface area contributed by atoms with Crippen LogP contribution in [0.4, 0.5) is 4.79 Å². The Balaban J connectivity index is 1.26. The number of rotatable bonds is 3. The number of nitrogens with one attached hydrogen (secondary N) is 1. The summed E-state index contributed by atoms with van der Waals surface area (Å²) in [6.07, 6.45) is -0.645. The molecule has 1 atom stereocenters. The lowest BCUT2D eigenvalue weighted by atomic mass is 10.2. The number of urea groups is 1. The third kappa shape index (κ3) is 4.03. The van der Waals surface area contributed by atoms with E-state index < -0.39 is 6.10 Å². The van der Waals surface area contributed by atoms with Gasteiger partial charge in [0.2, 0.25) is 6.10 Å². The van der Waals surface area contributed by atoms with Crippen LogP contribution in [0.5, 0.6) is 11.5 Å². The van der Waals surface area contributed by atoms with Crippen molar-refractivity contribution in [1.82, 2.24) is 15.1 Å². The van der Waals surface area contributed by atoms with Crippen molar-refractivity contribution in [2.24, 2.45) is 0 Å². The Morgan fingerprint density at radius 3 is 2.29 bits per heavy atom. The van der Waals surface area contributed by atoms with Crippen LogP contribution in [0.15, 0.2) is 54.6 Å². The molecule has 146 valence electrons. The number of hydrogen-bond donors (Lipinski definition) is 1. The summed E-state index contributed by atoms with van der Waals surface area (Å²) in [5.74, 6) is 1.15. The van der Waals surface area contributed by atoms with E-state index in [1.807, 2.05) is 48.5 Å². The molecule has 3 amide bonds. The minimum Gasteiger partial charge on any atom is -0.485 e. The highest BCUT2D eigenvalue weighted by Gasteiger charge is 2.33. The molecule has 7 heteroatoms. The van der Waals surface area contributed by atoms with Crippen molar-refractivity contribution >= 4 is 11.9 Å². The van der Waals surface area contributed by atoms with E-state index in [9.17, 15) is 9.59 Å². The zero-order chi connectivity index (χ0) is 19.3. The molecule has 2 aliphatic rings. The minimum absolute atomic E-state index is 0.0983. The molecule has 4 rings (SSSR count). The molecule has 2 aliphatic heterocycles. The van der Waals surface area contributed by atoms with Crippen molar-refractivity contribution in [2.75, 3.05) is 32.8 Å². The highest BCUT2D eigenvalue weighted by molar-refractivity contribution is 5.82. The fraction of sp³-hybridized carbons (Fsp3) is 0.333. The maximum Gasteiger partial charge on any atom is 0.317 e. The summed E-state index contributed by atoms with van der Waals surface area (Å²) >= 11 is 0. The van der Waals surface area contributed by atoms with E-state index >= 15 is 0 Å². The Morgan fingerprint density at radius 2 is 1.54 bits per heavy atom. The second kappa shape index (κ2) is 8.21. The summed E-state index contributed by atoms with van der Waals surface area (Å²) in [6.45, 7) is 2.66. The van der Waals surface area contributed by atoms with Crippen LogP contribution in [0.2, 0.25) is 0 Å². The van der Waals surface area contributed by atoms with E-state index in [1.165, 1.54) is 0 Å². The van der Waals surface area contributed by atoms with Crippen LogP contribution < -0.4 is 14.8 Å². The molecule has 1 N–H and O–H groups in total. The molecular formula is C21H23N3O4. The van der Waals surface area contributed by atoms with Crippen LogP contribution in [0.3, 0.4) is 0 Å². The van der Waals surface area contributed by atoms with E-state index in [1.54, 1.807) is 15.9 Å². The average molecular weight is 381 g/mol. The summed E-state index contributed by atoms with van der Waals surface area (Å²) < 4.78 is 11.4. The molecular weight excluding hydrogens is 358 g/mol. The van der Waals surface area contributed by atoms with E-state index in [2.05, 4.69) is 5.32 Å². The van der Waals surface area contributed by atoms with Gasteiger partial charge in [0.05, 0.1) is 0 Å². The lowest BCUT2D eigenvalue weighted by molar-refractivity contribution is -0.142. The Kier molecular flexibility index (Phi) is 5.32. The summed E-state index contributed by atoms with van der Waals surface area (Å²) in [6, 6.07) is 17.0. The van der Waals surface area contributed by atoms with Gasteiger partial charge >= 0.3 is 6.03 Å². The lowest BCUT2D eigenvalue weighted by Gasteiger charge is -2.37. The number of benzene rings is 2. The Hall–Kier alpha value is -3.22. The van der Waals surface area contributed by atoms with Crippen molar-refractivity contribution in [3.05, 3.63) is 60.2 Å². The number of fused-ring (bicyclic) bond motifs is 1. The van der Waals surface area contributed by atoms with Gasteiger partial charge in [0.15, 0.2) is 11.5 Å². The number of nitrogens with zero attached hydrogens (tertiary/aromatic N) is 2. The quantitative estimate of drug-likeness (QED) is 0.881. The monoisotopic (exact) mass is 381 g/mol. The number of amides is 3. The first kappa shape index (κ1) is 18.2. The van der Waals surface area contributed by atoms with Crippen LogP contribution in [0.1, 0.15) is 5.56 Å². The Bertz CT molecular complexity index is 835. The topological polar surface area (TPSA) is 71.1 Å². The lowest BCUT2D eigenvalue weighted by Crippen LogP contribution is -2.56. The molecule has 0 spiro atoms. The standard InChI is InChI=1S/C21H23N3O4/c25-20(19-15-27-17-8-4-5-9-18(17)28-19)23-10-12-24(13-11-23)21(26)22-14-16-6-2-1-3-7-16/h1-9,19H,10-15H2,(H,22,26). The summed E-state index contributed by atoms with van der Waals surface area (Å²) in [5.41, 5.74) is 1.05. The molecule has 2 aromatic carbocycles. The van der Waals surface area contributed by atoms with Gasteiger partial charge in [0.1, 0.15) is 6.61 Å². The third-order valence-electron chi connectivity index (χ3n) is 4.95. The fourth-order valence-electron chi connectivity index (χ4n) is 3.36. The van der Waals surface area contributed by atoms with E-state index in [0.717, 1.165) is 5.56 Å². The van der Waals surface area contributed by atoms with Crippen molar-refractivity contribution < 1.29 is 19.1 Å². The van der Waals surface area contributed by atoms with E-state index in [0.29, 0.717) is 44.2 Å². The summed E-state index contributed by atoms with van der Waals surface area (Å²) in [4.78, 5) is 28.6. The molecule has 0 aliphatic carbocycles. The van der Waals surface area contributed by atoms with Gasteiger partial charge in [-0.3, -0.25) is 4.79 Å². The maximum absolute atomic E-state index is 12.8. The number of para-hydroxylation sites is 2. The zero-order valence-corrected chi connectivity index (χ0v) is 15.5. The highest BCUT2D eigenvalue weighted by Crippen LogP contribution is 2.31. The van der Waals surface area contributed by atoms with Gasteiger partial charge in [0.25, 0.3) is 5.91 Å². The van der Waals surface area contributed by atoms with Gasteiger partial charge < -0.3 is 24.6 Å². The van der Waals surface area contributed by atoms with Crippen LogP contribution >= 0.6 is 0 Å². The Morgan fingerprint density at radius 1 is 0.893 bits per heavy atom. The molecule has 28 heavy (non-hydrogen) atoms. The fourth-order valence-corrected chi connectivity index (χ4v) is 3.36. The predicted octanol–water partition coefficient (Wildman–Crippen LogP) is 1.88. The molecule has 7 nitrogen and oxygen atoms in total. The normalized spacial score (nSPS) is 18.5. The van der Waals surface area contributed by atoms with Gasteiger partial charge in [0, 0.05) is 32.7 Å². The van der Waals surface area contributed by atoms with Crippen molar-refractivity contribution in [3.8, 4) is 11.5 Å². The molecule has 0 radical (unpaired) electrons. The number of piperazine rings is 1. The summed E-state index contributed by atoms with van der Waals surface area (Å²) in [7, 11) is 0. The first-order valence-electron chi connectivity index (χ1n) is 9.45. The van der Waals surface area contributed by atoms with Gasteiger partial charge in [-0.05, 0) is 17.7 Å². The van der Waals surface area contributed by atoms with Gasteiger partial charge in [-0.15, -0.1) is 0 Å². The zero-order valence-electron chi connectivity index (χ0n) is 15.5. The van der Waals surface area contributed by atoms with Crippen molar-refractivity contribution in [2.45, 2.75) is 12.6 Å². The molecule has 1 saturated heterocycles. The molecule has 1 unspecified atom stereocenters. The van der Waals surface area contributed by atoms with E-state index in [4.69, 9.17) is 9.47 Å². The van der Waals surface area contributed by atoms with E-state index in [-0.39, 0.29) is 18.5 Å². The third-order valence-corrected chi connectivity index (χ3v) is 4.95. The first-order valence-corrected chi connectivity index (χ1v) is 9.45. The van der Waals surface area contributed by atoms with Crippen molar-refractivity contribution in [1.29, 1.82) is 0 Å². The first-order chi connectivity index (χ1) is 13.7. The second-order valence-corrected chi connectivity index (χ2v) is 6.82. The van der Waals surface area contributed by atoms with Crippen LogP contribution in [0.25, 0.3) is 0 Å². The smallest absolute Gasteiger partial charge is 0.317 e. The molecule has 2 aromatic rings. The number of carbonyl (C=O) groups excluding carboxylic acids is 2.